The van der Waals surface area contributed by atoms with Gasteiger partial charge in [0.1, 0.15) is 12.3 Å². The van der Waals surface area contributed by atoms with Gasteiger partial charge in [-0.1, -0.05) is 5.16 Å². The average Bonchev–Trinajstić information content (AvgIpc) is 3.32. The number of benzene rings is 1. The molecule has 1 aromatic carbocycles. The Bertz CT molecular complexity index is 843. The maximum atomic E-state index is 12.2. The van der Waals surface area contributed by atoms with Crippen molar-refractivity contribution in [2.45, 2.75) is 30.7 Å². The molecule has 10 heteroatoms. The van der Waals surface area contributed by atoms with Crippen molar-refractivity contribution in [1.29, 1.82) is 0 Å². The summed E-state index contributed by atoms with van der Waals surface area (Å²) >= 11 is 0. The summed E-state index contributed by atoms with van der Waals surface area (Å²) in [5, 5.41) is 9.94. The molecule has 0 spiro atoms. The summed E-state index contributed by atoms with van der Waals surface area (Å²) in [6.45, 7) is 1.80. The molecule has 2 aromatic rings. The molecule has 0 radical (unpaired) electrons. The molecule has 0 saturated heterocycles. The van der Waals surface area contributed by atoms with Crippen molar-refractivity contribution in [3.05, 3.63) is 35.5 Å². The van der Waals surface area contributed by atoms with Gasteiger partial charge in [-0.25, -0.2) is 17.8 Å². The monoisotopic (exact) mass is 366 g/mol. The highest BCUT2D eigenvalue weighted by atomic mass is 32.2. The number of nitrogens with zero attached hydrogens (tertiary/aromatic N) is 2. The van der Waals surface area contributed by atoms with Gasteiger partial charge in [-0.2, -0.15) is 0 Å². The molecule has 1 aromatic heterocycles. The second kappa shape index (κ2) is 7.19. The van der Waals surface area contributed by atoms with Gasteiger partial charge < -0.3 is 10.1 Å². The van der Waals surface area contributed by atoms with Crippen LogP contribution in [-0.2, 0) is 10.0 Å². The van der Waals surface area contributed by atoms with Crippen LogP contribution in [-0.4, -0.2) is 43.8 Å². The van der Waals surface area contributed by atoms with Crippen molar-refractivity contribution >= 4 is 15.9 Å². The molecule has 3 rings (SSSR count). The Morgan fingerprint density at radius 2 is 2.00 bits per heavy atom. The van der Waals surface area contributed by atoms with E-state index >= 15 is 0 Å². The molecule has 1 heterocycles. The predicted octanol–water partition coefficient (Wildman–Crippen LogP) is 0.628. The molecule has 1 aliphatic carbocycles. The van der Waals surface area contributed by atoms with Gasteiger partial charge in [0.05, 0.1) is 4.90 Å². The third-order valence-corrected chi connectivity index (χ3v) is 5.06. The van der Waals surface area contributed by atoms with E-state index in [1.165, 1.54) is 24.3 Å². The fourth-order valence-electron chi connectivity index (χ4n) is 2.04. The van der Waals surface area contributed by atoms with Crippen LogP contribution in [0.5, 0.6) is 5.88 Å². The van der Waals surface area contributed by atoms with E-state index in [0.717, 1.165) is 12.8 Å². The molecule has 0 bridgehead atoms. The SMILES string of the molecule is Cc1nonc1OCCNS(=O)(=O)c1ccc(C(=O)NC2CC2)cc1. The maximum Gasteiger partial charge on any atom is 0.278 e. The van der Waals surface area contributed by atoms with Crippen LogP contribution in [0.1, 0.15) is 28.9 Å². The van der Waals surface area contributed by atoms with E-state index in [1.807, 2.05) is 0 Å². The highest BCUT2D eigenvalue weighted by Crippen LogP contribution is 2.19. The Morgan fingerprint density at radius 1 is 1.28 bits per heavy atom. The number of carbonyl (C=O) groups excluding carboxylic acids is 1. The van der Waals surface area contributed by atoms with E-state index in [4.69, 9.17) is 4.74 Å². The fourth-order valence-corrected chi connectivity index (χ4v) is 3.06. The van der Waals surface area contributed by atoms with Gasteiger partial charge >= 0.3 is 0 Å². The zero-order chi connectivity index (χ0) is 17.9. The first-order valence-corrected chi connectivity index (χ1v) is 9.26. The Morgan fingerprint density at radius 3 is 2.60 bits per heavy atom. The molecule has 1 saturated carbocycles. The first-order chi connectivity index (χ1) is 12.0. The second-order valence-electron chi connectivity index (χ2n) is 5.67. The van der Waals surface area contributed by atoms with E-state index in [-0.39, 0.29) is 35.9 Å². The molecule has 0 unspecified atom stereocenters. The first-order valence-electron chi connectivity index (χ1n) is 7.78. The highest BCUT2D eigenvalue weighted by molar-refractivity contribution is 7.89. The van der Waals surface area contributed by atoms with Crippen molar-refractivity contribution in [2.75, 3.05) is 13.2 Å². The van der Waals surface area contributed by atoms with Gasteiger partial charge in [-0.05, 0) is 49.2 Å². The number of carbonyl (C=O) groups is 1. The van der Waals surface area contributed by atoms with Crippen molar-refractivity contribution in [3.8, 4) is 5.88 Å². The number of rotatable bonds is 8. The molecule has 1 aliphatic rings. The molecule has 25 heavy (non-hydrogen) atoms. The standard InChI is InChI=1S/C15H18N4O5S/c1-10-15(19-24-18-10)23-9-8-16-25(21,22)13-6-2-11(3-7-13)14(20)17-12-4-5-12/h2-3,6-7,12,16H,4-5,8-9H2,1H3,(H,17,20). The highest BCUT2D eigenvalue weighted by Gasteiger charge is 2.24. The molecule has 134 valence electrons. The Kier molecular flexibility index (Phi) is 5.00. The summed E-state index contributed by atoms with van der Waals surface area (Å²) in [6.07, 6.45) is 1.99. The molecule has 1 fully saturated rings. The number of amides is 1. The van der Waals surface area contributed by atoms with Crippen LogP contribution in [0, 0.1) is 6.92 Å². The number of hydrogen-bond donors (Lipinski definition) is 2. The largest absolute Gasteiger partial charge is 0.473 e. The molecule has 0 atom stereocenters. The minimum Gasteiger partial charge on any atom is -0.473 e. The molecule has 1 amide bonds. The van der Waals surface area contributed by atoms with Crippen molar-refractivity contribution in [1.82, 2.24) is 20.4 Å². The van der Waals surface area contributed by atoms with E-state index in [0.29, 0.717) is 11.3 Å². The average molecular weight is 366 g/mol. The number of sulfonamides is 1. The van der Waals surface area contributed by atoms with Crippen LogP contribution in [0.2, 0.25) is 0 Å². The molecule has 0 aliphatic heterocycles. The van der Waals surface area contributed by atoms with Gasteiger partial charge in [0.15, 0.2) is 0 Å². The van der Waals surface area contributed by atoms with E-state index in [2.05, 4.69) is 25.0 Å². The summed E-state index contributed by atoms with van der Waals surface area (Å²) in [4.78, 5) is 12.0. The number of aryl methyl sites for hydroxylation is 1. The normalized spacial score (nSPS) is 14.3. The fraction of sp³-hybridized carbons (Fsp3) is 0.400. The Labute approximate surface area is 144 Å². The van der Waals surface area contributed by atoms with Crippen LogP contribution in [0.15, 0.2) is 33.8 Å². The molecular formula is C15H18N4O5S. The zero-order valence-corrected chi connectivity index (χ0v) is 14.4. The lowest BCUT2D eigenvalue weighted by Crippen LogP contribution is -2.28. The lowest BCUT2D eigenvalue weighted by molar-refractivity contribution is 0.0951. The van der Waals surface area contributed by atoms with E-state index < -0.39 is 10.0 Å². The Hall–Kier alpha value is -2.46. The summed E-state index contributed by atoms with van der Waals surface area (Å²) in [6, 6.07) is 6.04. The summed E-state index contributed by atoms with van der Waals surface area (Å²) < 4.78 is 36.6. The topological polar surface area (TPSA) is 123 Å². The van der Waals surface area contributed by atoms with E-state index in [9.17, 15) is 13.2 Å². The van der Waals surface area contributed by atoms with E-state index in [1.54, 1.807) is 6.92 Å². The lowest BCUT2D eigenvalue weighted by Gasteiger charge is -2.08. The van der Waals surface area contributed by atoms with Crippen LogP contribution < -0.4 is 14.8 Å². The maximum absolute atomic E-state index is 12.2. The van der Waals surface area contributed by atoms with Gasteiger partial charge in [0, 0.05) is 18.2 Å². The van der Waals surface area contributed by atoms with Crippen molar-refractivity contribution < 1.29 is 22.6 Å². The van der Waals surface area contributed by atoms with Crippen LogP contribution >= 0.6 is 0 Å². The third-order valence-electron chi connectivity index (χ3n) is 3.58. The quantitative estimate of drug-likeness (QED) is 0.657. The van der Waals surface area contributed by atoms with Gasteiger partial charge in [0.25, 0.3) is 11.8 Å². The minimum atomic E-state index is -3.69. The van der Waals surface area contributed by atoms with Crippen LogP contribution in [0.25, 0.3) is 0 Å². The van der Waals surface area contributed by atoms with Crippen LogP contribution in [0.4, 0.5) is 0 Å². The lowest BCUT2D eigenvalue weighted by atomic mass is 10.2. The third kappa shape index (κ3) is 4.54. The molecular weight excluding hydrogens is 348 g/mol. The minimum absolute atomic E-state index is 0.0541. The van der Waals surface area contributed by atoms with Crippen molar-refractivity contribution in [2.24, 2.45) is 0 Å². The van der Waals surface area contributed by atoms with Gasteiger partial charge in [0.2, 0.25) is 10.0 Å². The number of aromatic nitrogens is 2. The predicted molar refractivity (Wildman–Crippen MR) is 86.6 cm³/mol. The zero-order valence-electron chi connectivity index (χ0n) is 13.6. The van der Waals surface area contributed by atoms with Crippen molar-refractivity contribution in [3.63, 3.8) is 0 Å². The number of hydrogen-bond acceptors (Lipinski definition) is 7. The smallest absolute Gasteiger partial charge is 0.278 e. The van der Waals surface area contributed by atoms with Gasteiger partial charge in [-0.15, -0.1) is 0 Å². The molecule has 2 N–H and O–H groups in total. The van der Waals surface area contributed by atoms with Crippen LogP contribution in [0.3, 0.4) is 0 Å². The number of ether oxygens (including phenoxy) is 1. The molecule has 9 nitrogen and oxygen atoms in total. The Balaban J connectivity index is 1.52. The summed E-state index contributed by atoms with van der Waals surface area (Å²) in [5.41, 5.74) is 0.922. The van der Waals surface area contributed by atoms with Gasteiger partial charge in [-0.3, -0.25) is 4.79 Å². The summed E-state index contributed by atoms with van der Waals surface area (Å²) in [5.74, 6) is 0.0367. The second-order valence-corrected chi connectivity index (χ2v) is 7.44. The number of nitrogens with one attached hydrogen (secondary N) is 2. The summed E-state index contributed by atoms with van der Waals surface area (Å²) in [7, 11) is -3.69. The first kappa shape index (κ1) is 17.4.